The van der Waals surface area contributed by atoms with Gasteiger partial charge in [-0.2, -0.15) is 4.98 Å². The lowest BCUT2D eigenvalue weighted by Crippen LogP contribution is -2.51. The summed E-state index contributed by atoms with van der Waals surface area (Å²) in [6, 6.07) is 5.40. The van der Waals surface area contributed by atoms with Crippen molar-refractivity contribution in [2.75, 3.05) is 63.0 Å². The van der Waals surface area contributed by atoms with Crippen LogP contribution in [0.5, 0.6) is 5.75 Å². The van der Waals surface area contributed by atoms with E-state index in [-0.39, 0.29) is 17.9 Å². The molecule has 0 spiro atoms. The average molecular weight is 482 g/mol. The summed E-state index contributed by atoms with van der Waals surface area (Å²) >= 11 is 0. The number of rotatable bonds is 5. The SMILES string of the molecule is CNC(=O)c1ccc(Nc2ncc3c(n2)N(C2CCCN(C)C2)CC(C)(C)C(=O)N3C)c(OC)c1. The van der Waals surface area contributed by atoms with Gasteiger partial charge in [-0.05, 0) is 58.5 Å². The smallest absolute Gasteiger partial charge is 0.251 e. The highest BCUT2D eigenvalue weighted by atomic mass is 16.5. The molecular weight excluding hydrogens is 446 g/mol. The Balaban J connectivity index is 1.73. The van der Waals surface area contributed by atoms with Gasteiger partial charge in [0.1, 0.15) is 11.4 Å². The molecule has 3 heterocycles. The second-order valence-corrected chi connectivity index (χ2v) is 9.96. The number of methoxy groups -OCH3 is 1. The van der Waals surface area contributed by atoms with Crippen LogP contribution in [-0.4, -0.2) is 80.6 Å². The number of amides is 2. The summed E-state index contributed by atoms with van der Waals surface area (Å²) in [5.74, 6) is 1.49. The second-order valence-electron chi connectivity index (χ2n) is 9.96. The Morgan fingerprint density at radius 1 is 1.26 bits per heavy atom. The van der Waals surface area contributed by atoms with Gasteiger partial charge in [-0.15, -0.1) is 0 Å². The maximum absolute atomic E-state index is 13.3. The van der Waals surface area contributed by atoms with E-state index in [2.05, 4.69) is 32.5 Å². The van der Waals surface area contributed by atoms with Crippen molar-refractivity contribution in [3.63, 3.8) is 0 Å². The molecule has 2 aliphatic heterocycles. The van der Waals surface area contributed by atoms with E-state index in [4.69, 9.17) is 9.72 Å². The number of piperidine rings is 1. The summed E-state index contributed by atoms with van der Waals surface area (Å²) in [4.78, 5) is 41.0. The Bertz CT molecular complexity index is 1120. The molecule has 4 rings (SSSR count). The molecule has 1 aromatic carbocycles. The fraction of sp³-hybridized carbons (Fsp3) is 0.520. The standard InChI is InChI=1S/C25H35N7O3/c1-25(2)15-32(17-8-7-11-30(4)14-17)21-19(31(5)23(25)34)13-27-24(29-21)28-18-10-9-16(22(33)26-3)12-20(18)35-6/h9-10,12-13,17H,7-8,11,14-15H2,1-6H3,(H,26,33)(H,27,28,29). The number of nitrogens with one attached hydrogen (secondary N) is 2. The third-order valence-corrected chi connectivity index (χ3v) is 6.81. The number of benzene rings is 1. The van der Waals surface area contributed by atoms with Gasteiger partial charge >= 0.3 is 0 Å². The van der Waals surface area contributed by atoms with Crippen LogP contribution in [0.1, 0.15) is 37.0 Å². The number of hydrogen-bond acceptors (Lipinski definition) is 8. The van der Waals surface area contributed by atoms with Gasteiger partial charge in [-0.3, -0.25) is 9.59 Å². The number of aromatic nitrogens is 2. The Kier molecular flexibility index (Phi) is 6.84. The van der Waals surface area contributed by atoms with Gasteiger partial charge < -0.3 is 30.1 Å². The number of carbonyl (C=O) groups excluding carboxylic acids is 2. The van der Waals surface area contributed by atoms with Crippen molar-refractivity contribution >= 4 is 35.0 Å². The molecule has 10 heteroatoms. The molecule has 0 radical (unpaired) electrons. The van der Waals surface area contributed by atoms with Crippen LogP contribution in [0.3, 0.4) is 0 Å². The van der Waals surface area contributed by atoms with E-state index in [1.54, 1.807) is 50.5 Å². The molecule has 1 unspecified atom stereocenters. The Hall–Kier alpha value is -3.40. The lowest BCUT2D eigenvalue weighted by atomic mass is 9.90. The molecule has 2 aliphatic rings. The van der Waals surface area contributed by atoms with Gasteiger partial charge in [0.2, 0.25) is 11.9 Å². The van der Waals surface area contributed by atoms with Gasteiger partial charge in [-0.1, -0.05) is 0 Å². The third kappa shape index (κ3) is 4.88. The van der Waals surface area contributed by atoms with E-state index in [1.807, 2.05) is 13.8 Å². The monoisotopic (exact) mass is 481 g/mol. The fourth-order valence-electron chi connectivity index (χ4n) is 4.90. The number of nitrogens with zero attached hydrogens (tertiary/aromatic N) is 5. The minimum atomic E-state index is -0.571. The molecule has 0 bridgehead atoms. The van der Waals surface area contributed by atoms with Crippen molar-refractivity contribution in [2.24, 2.45) is 5.41 Å². The zero-order valence-corrected chi connectivity index (χ0v) is 21.4. The number of fused-ring (bicyclic) bond motifs is 1. The first kappa shape index (κ1) is 24.7. The Morgan fingerprint density at radius 2 is 2.03 bits per heavy atom. The van der Waals surface area contributed by atoms with Crippen molar-refractivity contribution in [1.82, 2.24) is 20.2 Å². The largest absolute Gasteiger partial charge is 0.495 e. The first-order chi connectivity index (χ1) is 16.6. The highest BCUT2D eigenvalue weighted by Gasteiger charge is 2.41. The fourth-order valence-corrected chi connectivity index (χ4v) is 4.90. The molecule has 1 fully saturated rings. The third-order valence-electron chi connectivity index (χ3n) is 6.81. The second kappa shape index (κ2) is 9.69. The normalized spacial score (nSPS) is 20.2. The zero-order chi connectivity index (χ0) is 25.3. The molecule has 188 valence electrons. The van der Waals surface area contributed by atoms with Gasteiger partial charge in [0.05, 0.1) is 24.4 Å². The van der Waals surface area contributed by atoms with E-state index in [1.165, 1.54) is 0 Å². The molecule has 1 saturated heterocycles. The van der Waals surface area contributed by atoms with Crippen LogP contribution in [0.25, 0.3) is 0 Å². The van der Waals surface area contributed by atoms with E-state index in [0.29, 0.717) is 35.2 Å². The lowest BCUT2D eigenvalue weighted by molar-refractivity contribution is -0.125. The van der Waals surface area contributed by atoms with Crippen molar-refractivity contribution in [3.8, 4) is 5.75 Å². The van der Waals surface area contributed by atoms with Gasteiger partial charge in [0.15, 0.2) is 5.82 Å². The van der Waals surface area contributed by atoms with Crippen LogP contribution in [0.4, 0.5) is 23.1 Å². The number of anilines is 4. The van der Waals surface area contributed by atoms with E-state index in [9.17, 15) is 9.59 Å². The maximum Gasteiger partial charge on any atom is 0.251 e. The van der Waals surface area contributed by atoms with Crippen molar-refractivity contribution < 1.29 is 14.3 Å². The number of likely N-dealkylation sites (N-methyl/N-ethyl adjacent to an activating group) is 1. The number of carbonyl (C=O) groups is 2. The van der Waals surface area contributed by atoms with Crippen LogP contribution >= 0.6 is 0 Å². The van der Waals surface area contributed by atoms with Gasteiger partial charge in [-0.25, -0.2) is 4.98 Å². The minimum Gasteiger partial charge on any atom is -0.495 e. The number of hydrogen-bond donors (Lipinski definition) is 2. The molecule has 0 aliphatic carbocycles. The lowest BCUT2D eigenvalue weighted by Gasteiger charge is -2.40. The molecule has 1 aromatic heterocycles. The van der Waals surface area contributed by atoms with E-state index >= 15 is 0 Å². The number of ether oxygens (including phenoxy) is 1. The first-order valence-electron chi connectivity index (χ1n) is 11.9. The van der Waals surface area contributed by atoms with Crippen LogP contribution in [-0.2, 0) is 4.79 Å². The van der Waals surface area contributed by atoms with Crippen LogP contribution < -0.4 is 25.2 Å². The molecular formula is C25H35N7O3. The molecule has 10 nitrogen and oxygen atoms in total. The molecule has 2 amide bonds. The summed E-state index contributed by atoms with van der Waals surface area (Å²) in [5, 5.41) is 5.85. The van der Waals surface area contributed by atoms with Crippen molar-refractivity contribution in [3.05, 3.63) is 30.0 Å². The predicted octanol–water partition coefficient (Wildman–Crippen LogP) is 2.49. The molecule has 0 saturated carbocycles. The van der Waals surface area contributed by atoms with E-state index < -0.39 is 5.41 Å². The molecule has 35 heavy (non-hydrogen) atoms. The van der Waals surface area contributed by atoms with E-state index in [0.717, 1.165) is 31.7 Å². The average Bonchev–Trinajstić information content (AvgIpc) is 2.92. The summed E-state index contributed by atoms with van der Waals surface area (Å²) in [5.41, 5.74) is 1.26. The summed E-state index contributed by atoms with van der Waals surface area (Å²) in [7, 11) is 7.06. The molecule has 1 atom stereocenters. The quantitative estimate of drug-likeness (QED) is 0.672. The highest BCUT2D eigenvalue weighted by molar-refractivity contribution is 6.01. The van der Waals surface area contributed by atoms with Crippen LogP contribution in [0, 0.1) is 5.41 Å². The highest BCUT2D eigenvalue weighted by Crippen LogP contribution is 2.39. The van der Waals surface area contributed by atoms with Crippen molar-refractivity contribution in [2.45, 2.75) is 32.7 Å². The predicted molar refractivity (Wildman–Crippen MR) is 137 cm³/mol. The summed E-state index contributed by atoms with van der Waals surface area (Å²) in [6.07, 6.45) is 3.84. The van der Waals surface area contributed by atoms with Gasteiger partial charge in [0, 0.05) is 38.8 Å². The van der Waals surface area contributed by atoms with Crippen LogP contribution in [0.2, 0.25) is 0 Å². The zero-order valence-electron chi connectivity index (χ0n) is 21.4. The topological polar surface area (TPSA) is 103 Å². The minimum absolute atomic E-state index is 0.0428. The maximum atomic E-state index is 13.3. The molecule has 2 N–H and O–H groups in total. The van der Waals surface area contributed by atoms with Crippen LogP contribution in [0.15, 0.2) is 24.4 Å². The summed E-state index contributed by atoms with van der Waals surface area (Å²) < 4.78 is 5.51. The molecule has 2 aromatic rings. The van der Waals surface area contributed by atoms with Gasteiger partial charge in [0.25, 0.3) is 5.91 Å². The van der Waals surface area contributed by atoms with Crippen molar-refractivity contribution in [1.29, 1.82) is 0 Å². The Labute approximate surface area is 206 Å². The number of likely N-dealkylation sites (tertiary alicyclic amines) is 1. The first-order valence-corrected chi connectivity index (χ1v) is 11.9. The Morgan fingerprint density at radius 3 is 2.71 bits per heavy atom. The summed E-state index contributed by atoms with van der Waals surface area (Å²) in [6.45, 7) is 6.53.